The molecule has 0 radical (unpaired) electrons. The number of hydrogen-bond acceptors (Lipinski definition) is 7. The summed E-state index contributed by atoms with van der Waals surface area (Å²) in [5.74, 6) is 5.78. The van der Waals surface area contributed by atoms with Crippen LogP contribution in [-0.4, -0.2) is 60.9 Å². The number of amides is 2. The van der Waals surface area contributed by atoms with Crippen LogP contribution in [0.4, 0.5) is 0 Å². The molecule has 1 saturated heterocycles. The Hall–Kier alpha value is -3.26. The van der Waals surface area contributed by atoms with E-state index in [1.54, 1.807) is 30.1 Å². The van der Waals surface area contributed by atoms with Crippen LogP contribution < -0.4 is 11.1 Å². The highest BCUT2D eigenvalue weighted by atomic mass is 16.3. The summed E-state index contributed by atoms with van der Waals surface area (Å²) in [5.41, 5.74) is 6.64. The highest BCUT2D eigenvalue weighted by Gasteiger charge is 2.42. The normalized spacial score (nSPS) is 24.9. The minimum absolute atomic E-state index is 0.0310. The molecule has 2 amide bonds. The molecule has 2 fully saturated rings. The van der Waals surface area contributed by atoms with E-state index in [1.807, 2.05) is 0 Å². The van der Waals surface area contributed by atoms with Gasteiger partial charge in [-0.1, -0.05) is 11.8 Å². The van der Waals surface area contributed by atoms with Gasteiger partial charge < -0.3 is 26.2 Å². The Bertz CT molecular complexity index is 1210. The van der Waals surface area contributed by atoms with Gasteiger partial charge in [-0.3, -0.25) is 9.59 Å². The van der Waals surface area contributed by atoms with Gasteiger partial charge in [0.15, 0.2) is 5.82 Å². The van der Waals surface area contributed by atoms with Crippen LogP contribution in [0.3, 0.4) is 0 Å². The minimum Gasteiger partial charge on any atom is -0.373 e. The second kappa shape index (κ2) is 8.51. The maximum absolute atomic E-state index is 12.4. The van der Waals surface area contributed by atoms with Crippen molar-refractivity contribution in [3.05, 3.63) is 40.8 Å². The van der Waals surface area contributed by atoms with Gasteiger partial charge in [-0.25, -0.2) is 9.67 Å². The highest BCUT2D eigenvalue weighted by Crippen LogP contribution is 2.37. The fourth-order valence-electron chi connectivity index (χ4n) is 4.67. The molecule has 3 aliphatic rings. The summed E-state index contributed by atoms with van der Waals surface area (Å²) >= 11 is 0. The number of nitrogens with zero attached hydrogens (tertiary/aromatic N) is 4. The summed E-state index contributed by atoms with van der Waals surface area (Å²) in [4.78, 5) is 30.5. The number of aromatic nitrogens is 3. The van der Waals surface area contributed by atoms with Gasteiger partial charge in [-0.2, -0.15) is 5.10 Å². The number of rotatable bonds is 4. The Morgan fingerprint density at radius 2 is 2.18 bits per heavy atom. The van der Waals surface area contributed by atoms with Crippen LogP contribution in [-0.2, 0) is 16.0 Å². The molecule has 0 aromatic carbocycles. The maximum atomic E-state index is 12.4. The predicted molar refractivity (Wildman–Crippen MR) is 121 cm³/mol. The molecule has 10 nitrogen and oxygen atoms in total. The number of likely N-dealkylation sites (N-methyl/N-ethyl adjacent to an activating group) is 1. The van der Waals surface area contributed by atoms with E-state index in [1.165, 1.54) is 4.90 Å². The molecule has 0 bridgehead atoms. The van der Waals surface area contributed by atoms with E-state index in [0.717, 1.165) is 36.9 Å². The molecule has 5 N–H and O–H groups in total. The summed E-state index contributed by atoms with van der Waals surface area (Å²) < 4.78 is 1.64. The first-order valence-electron chi connectivity index (χ1n) is 11.6. The standard InChI is InChI=1S/C24H28N6O4/c1-29-12-10-24(34,23(29)33)9-7-14-8-11-26-18(13-14)30-17-4-2-3-16(27-22(32)15-5-6-15)19(17)20(28-30)21(25)31/h8,11,13,15-16,21,31,34H,2-6,10,12,25H2,1H3,(H,27,32). The van der Waals surface area contributed by atoms with Gasteiger partial charge in [-0.05, 0) is 44.2 Å². The molecule has 1 aliphatic heterocycles. The van der Waals surface area contributed by atoms with Gasteiger partial charge in [0.05, 0.1) is 11.7 Å². The van der Waals surface area contributed by atoms with Crippen molar-refractivity contribution in [1.29, 1.82) is 0 Å². The quantitative estimate of drug-likeness (QED) is 0.370. The van der Waals surface area contributed by atoms with Crippen LogP contribution in [0.2, 0.25) is 0 Å². The average molecular weight is 465 g/mol. The minimum atomic E-state index is -1.69. The molecule has 10 heteroatoms. The van der Waals surface area contributed by atoms with Crippen molar-refractivity contribution in [2.75, 3.05) is 13.6 Å². The third-order valence-corrected chi connectivity index (χ3v) is 6.74. The molecule has 2 aromatic heterocycles. The van der Waals surface area contributed by atoms with Crippen LogP contribution >= 0.6 is 0 Å². The molecular weight excluding hydrogens is 436 g/mol. The van der Waals surface area contributed by atoms with Crippen molar-refractivity contribution in [3.8, 4) is 17.7 Å². The third kappa shape index (κ3) is 4.07. The van der Waals surface area contributed by atoms with E-state index in [2.05, 4.69) is 27.2 Å². The Balaban J connectivity index is 1.49. The molecule has 3 atom stereocenters. The van der Waals surface area contributed by atoms with Crippen LogP contribution in [0.25, 0.3) is 5.82 Å². The largest absolute Gasteiger partial charge is 0.373 e. The SMILES string of the molecule is CN1CCC(O)(C#Cc2ccnc(-n3nc(C(N)O)c4c3CCCC4NC(=O)C3CC3)c2)C1=O. The fraction of sp³-hybridized carbons (Fsp3) is 0.500. The zero-order valence-corrected chi connectivity index (χ0v) is 19.0. The number of carbonyl (C=O) groups is 2. The van der Waals surface area contributed by atoms with Crippen LogP contribution in [0.5, 0.6) is 0 Å². The first-order chi connectivity index (χ1) is 16.3. The lowest BCUT2D eigenvalue weighted by atomic mass is 9.90. The first kappa shape index (κ1) is 22.5. The van der Waals surface area contributed by atoms with E-state index in [9.17, 15) is 19.8 Å². The van der Waals surface area contributed by atoms with E-state index in [-0.39, 0.29) is 24.3 Å². The number of carbonyl (C=O) groups excluding carboxylic acids is 2. The number of hydrogen-bond donors (Lipinski definition) is 4. The van der Waals surface area contributed by atoms with Crippen molar-refractivity contribution in [1.82, 2.24) is 25.0 Å². The number of aliphatic hydroxyl groups excluding tert-OH is 1. The number of aliphatic hydroxyl groups is 2. The molecule has 0 spiro atoms. The zero-order valence-electron chi connectivity index (χ0n) is 19.0. The summed E-state index contributed by atoms with van der Waals surface area (Å²) in [6.45, 7) is 0.452. The number of nitrogens with two attached hydrogens (primary N) is 1. The molecule has 3 heterocycles. The van der Waals surface area contributed by atoms with Crippen LogP contribution in [0.15, 0.2) is 18.3 Å². The maximum Gasteiger partial charge on any atom is 0.267 e. The first-order valence-corrected chi connectivity index (χ1v) is 11.6. The van der Waals surface area contributed by atoms with Gasteiger partial charge in [0, 0.05) is 43.3 Å². The molecule has 178 valence electrons. The summed E-state index contributed by atoms with van der Waals surface area (Å²) in [5, 5.41) is 28.5. The van der Waals surface area contributed by atoms with Gasteiger partial charge in [0.2, 0.25) is 11.5 Å². The monoisotopic (exact) mass is 464 g/mol. The molecule has 34 heavy (non-hydrogen) atoms. The van der Waals surface area contributed by atoms with Crippen molar-refractivity contribution in [2.24, 2.45) is 11.7 Å². The van der Waals surface area contributed by atoms with Crippen LogP contribution in [0, 0.1) is 17.8 Å². The van der Waals surface area contributed by atoms with Gasteiger partial charge >= 0.3 is 0 Å². The Morgan fingerprint density at radius 3 is 2.85 bits per heavy atom. The van der Waals surface area contributed by atoms with Crippen molar-refractivity contribution >= 4 is 11.8 Å². The van der Waals surface area contributed by atoms with E-state index < -0.39 is 17.7 Å². The smallest absolute Gasteiger partial charge is 0.267 e. The molecular formula is C24H28N6O4. The van der Waals surface area contributed by atoms with Gasteiger partial charge in [0.25, 0.3) is 5.91 Å². The molecule has 1 saturated carbocycles. The summed E-state index contributed by atoms with van der Waals surface area (Å²) in [6, 6.07) is 3.14. The molecule has 2 aliphatic carbocycles. The Morgan fingerprint density at radius 1 is 1.38 bits per heavy atom. The van der Waals surface area contributed by atoms with E-state index >= 15 is 0 Å². The molecule has 5 rings (SSSR count). The van der Waals surface area contributed by atoms with Gasteiger partial charge in [0.1, 0.15) is 11.9 Å². The van der Waals surface area contributed by atoms with Gasteiger partial charge in [-0.15, -0.1) is 0 Å². The number of pyridine rings is 1. The van der Waals surface area contributed by atoms with Crippen molar-refractivity contribution in [2.45, 2.75) is 56.4 Å². The van der Waals surface area contributed by atoms with E-state index in [4.69, 9.17) is 5.73 Å². The van der Waals surface area contributed by atoms with E-state index in [0.29, 0.717) is 30.0 Å². The third-order valence-electron chi connectivity index (χ3n) is 6.74. The predicted octanol–water partition coefficient (Wildman–Crippen LogP) is 0.0652. The van der Waals surface area contributed by atoms with Crippen molar-refractivity contribution in [3.63, 3.8) is 0 Å². The fourth-order valence-corrected chi connectivity index (χ4v) is 4.67. The Labute approximate surface area is 197 Å². The lowest BCUT2D eigenvalue weighted by Crippen LogP contribution is -2.37. The second-order valence-corrected chi connectivity index (χ2v) is 9.32. The number of likely N-dealkylation sites (tertiary alicyclic amines) is 1. The highest BCUT2D eigenvalue weighted by molar-refractivity contribution is 5.90. The lowest BCUT2D eigenvalue weighted by molar-refractivity contribution is -0.137. The summed E-state index contributed by atoms with van der Waals surface area (Å²) in [7, 11) is 1.64. The summed E-state index contributed by atoms with van der Waals surface area (Å²) in [6.07, 6.45) is 4.64. The second-order valence-electron chi connectivity index (χ2n) is 9.32. The number of fused-ring (bicyclic) bond motifs is 1. The zero-order chi connectivity index (χ0) is 24.0. The molecule has 2 aromatic rings. The topological polar surface area (TPSA) is 147 Å². The Kier molecular flexibility index (Phi) is 5.64. The molecule has 3 unspecified atom stereocenters. The van der Waals surface area contributed by atoms with Crippen LogP contribution in [0.1, 0.15) is 66.9 Å². The number of nitrogens with one attached hydrogen (secondary N) is 1. The lowest BCUT2D eigenvalue weighted by Gasteiger charge is -2.25. The van der Waals surface area contributed by atoms with Crippen molar-refractivity contribution < 1.29 is 19.8 Å². The average Bonchev–Trinajstić information content (AvgIpc) is 3.56.